The first-order chi connectivity index (χ1) is 19.5. The van der Waals surface area contributed by atoms with E-state index in [0.717, 1.165) is 17.3 Å². The van der Waals surface area contributed by atoms with E-state index < -0.39 is 11.1 Å². The van der Waals surface area contributed by atoms with Crippen LogP contribution < -0.4 is 10.9 Å². The van der Waals surface area contributed by atoms with E-state index in [1.807, 2.05) is 55.5 Å². The highest BCUT2D eigenvalue weighted by atomic mass is 32.2. The molecule has 198 valence electrons. The third-order valence-electron chi connectivity index (χ3n) is 6.21. The molecule has 0 aliphatic rings. The zero-order valence-electron chi connectivity index (χ0n) is 21.5. The summed E-state index contributed by atoms with van der Waals surface area (Å²) in [4.78, 5) is 30.6. The van der Waals surface area contributed by atoms with Gasteiger partial charge >= 0.3 is 0 Å². The van der Waals surface area contributed by atoms with Crippen molar-refractivity contribution in [2.24, 2.45) is 0 Å². The van der Waals surface area contributed by atoms with Gasteiger partial charge in [-0.15, -0.1) is 0 Å². The minimum atomic E-state index is -0.630. The molecule has 1 atom stereocenters. The molecule has 0 aliphatic carbocycles. The lowest BCUT2D eigenvalue weighted by Gasteiger charge is -2.17. The molecule has 0 aliphatic heterocycles. The van der Waals surface area contributed by atoms with Crippen LogP contribution in [0.25, 0.3) is 28.1 Å². The summed E-state index contributed by atoms with van der Waals surface area (Å²) in [5.41, 5.74) is 3.06. The van der Waals surface area contributed by atoms with Gasteiger partial charge in [-0.05, 0) is 42.3 Å². The van der Waals surface area contributed by atoms with Gasteiger partial charge in [0.25, 0.3) is 5.56 Å². The highest BCUT2D eigenvalue weighted by Crippen LogP contribution is 2.36. The number of halogens is 1. The molecule has 1 unspecified atom stereocenters. The van der Waals surface area contributed by atoms with E-state index in [9.17, 15) is 19.2 Å². The van der Waals surface area contributed by atoms with E-state index in [1.54, 1.807) is 30.3 Å². The topological polar surface area (TPSA) is 104 Å². The van der Waals surface area contributed by atoms with Gasteiger partial charge in [0.1, 0.15) is 22.7 Å². The van der Waals surface area contributed by atoms with Crippen molar-refractivity contribution in [1.82, 2.24) is 14.8 Å². The largest absolute Gasteiger partial charge is 0.310 e. The summed E-state index contributed by atoms with van der Waals surface area (Å²) in [6.07, 6.45) is 0.428. The van der Waals surface area contributed by atoms with Crippen LogP contribution in [0.4, 0.5) is 10.2 Å². The molecule has 2 aromatic heterocycles. The summed E-state index contributed by atoms with van der Waals surface area (Å²) in [5.74, 6) is -0.516. The lowest BCUT2D eigenvalue weighted by Crippen LogP contribution is -2.25. The average molecular weight is 550 g/mol. The first kappa shape index (κ1) is 26.7. The molecule has 7 nitrogen and oxygen atoms in total. The number of nitrogens with one attached hydrogen (secondary N) is 2. The predicted octanol–water partition coefficient (Wildman–Crippen LogP) is 6.41. The van der Waals surface area contributed by atoms with Gasteiger partial charge in [-0.25, -0.2) is 14.1 Å². The fraction of sp³-hybridized carbons (Fsp3) is 0.0968. The summed E-state index contributed by atoms with van der Waals surface area (Å²) in [5, 5.41) is 15.6. The zero-order valence-corrected chi connectivity index (χ0v) is 22.3. The number of thioether (sulfide) groups is 1. The maximum Gasteiger partial charge on any atom is 0.273 e. The molecule has 0 fully saturated rings. The molecule has 3 aromatic carbocycles. The number of aromatic amines is 1. The van der Waals surface area contributed by atoms with Gasteiger partial charge in [-0.1, -0.05) is 79.3 Å². The Balaban J connectivity index is 1.49. The molecule has 5 aromatic rings. The first-order valence-electron chi connectivity index (χ1n) is 12.6. The van der Waals surface area contributed by atoms with Crippen LogP contribution in [-0.4, -0.2) is 25.9 Å². The number of hydrogen-bond acceptors (Lipinski definition) is 5. The second-order valence-corrected chi connectivity index (χ2v) is 10.1. The number of pyridine rings is 1. The number of anilines is 1. The van der Waals surface area contributed by atoms with Gasteiger partial charge in [-0.2, -0.15) is 5.26 Å². The van der Waals surface area contributed by atoms with E-state index in [1.165, 1.54) is 22.9 Å². The fourth-order valence-electron chi connectivity index (χ4n) is 4.25. The lowest BCUT2D eigenvalue weighted by atomic mass is 9.99. The number of carbonyl (C=O) groups is 1. The van der Waals surface area contributed by atoms with Gasteiger partial charge < -0.3 is 5.32 Å². The summed E-state index contributed by atoms with van der Waals surface area (Å²) in [6.45, 7) is 1.86. The number of amides is 1. The second-order valence-electron chi connectivity index (χ2n) is 8.91. The zero-order chi connectivity index (χ0) is 28.1. The quantitative estimate of drug-likeness (QED) is 0.218. The number of rotatable bonds is 8. The Bertz CT molecular complexity index is 1760. The number of aromatic nitrogens is 3. The van der Waals surface area contributed by atoms with E-state index in [-0.39, 0.29) is 22.8 Å². The third-order valence-corrected chi connectivity index (χ3v) is 7.56. The number of carbonyl (C=O) groups excluding carboxylic acids is 1. The first-order valence-corrected chi connectivity index (χ1v) is 13.5. The molecule has 5 rings (SSSR count). The van der Waals surface area contributed by atoms with Crippen molar-refractivity contribution in [1.29, 1.82) is 5.26 Å². The molecule has 0 bridgehead atoms. The smallest absolute Gasteiger partial charge is 0.273 e. The Morgan fingerprint density at radius 3 is 2.40 bits per heavy atom. The van der Waals surface area contributed by atoms with E-state index in [0.29, 0.717) is 34.0 Å². The molecule has 0 saturated heterocycles. The summed E-state index contributed by atoms with van der Waals surface area (Å²) in [6, 6.07) is 29.8. The Hall–Kier alpha value is -4.94. The molecule has 40 heavy (non-hydrogen) atoms. The minimum Gasteiger partial charge on any atom is -0.310 e. The Kier molecular flexibility index (Phi) is 7.89. The normalized spacial score (nSPS) is 11.5. The van der Waals surface area contributed by atoms with Crippen LogP contribution in [0.5, 0.6) is 0 Å². The van der Waals surface area contributed by atoms with Gasteiger partial charge in [0, 0.05) is 17.2 Å². The molecule has 2 heterocycles. The number of H-pyrrole nitrogens is 1. The molecule has 0 spiro atoms. The molecule has 0 saturated carbocycles. The number of hydrogen-bond donors (Lipinski definition) is 2. The second kappa shape index (κ2) is 11.8. The average Bonchev–Trinajstić information content (AvgIpc) is 3.35. The van der Waals surface area contributed by atoms with Gasteiger partial charge in [0.2, 0.25) is 5.91 Å². The van der Waals surface area contributed by atoms with Crippen molar-refractivity contribution >= 4 is 23.5 Å². The van der Waals surface area contributed by atoms with Gasteiger partial charge in [0.15, 0.2) is 0 Å². The number of benzene rings is 3. The lowest BCUT2D eigenvalue weighted by molar-refractivity contribution is -0.115. The SMILES string of the molecule is CCC(Sc1nc(-c2ccccc2)cc(-c2cccc(F)c2)c1C#N)C(=O)Nc1cc(=O)n(-c2ccccc2)[nH]1. The summed E-state index contributed by atoms with van der Waals surface area (Å²) in [7, 11) is 0. The predicted molar refractivity (Wildman–Crippen MR) is 155 cm³/mol. The van der Waals surface area contributed by atoms with Crippen molar-refractivity contribution in [3.05, 3.63) is 119 Å². The Morgan fingerprint density at radius 1 is 1.02 bits per heavy atom. The van der Waals surface area contributed by atoms with Gasteiger partial charge in [-0.3, -0.25) is 14.7 Å². The van der Waals surface area contributed by atoms with Crippen LogP contribution in [0.15, 0.2) is 107 Å². The molecular formula is C31H24FN5O2S. The molecule has 1 amide bonds. The standard InChI is InChI=1S/C31H24FN5O2S/c1-2-27(30(39)35-28-18-29(38)37(36-28)23-14-7-4-8-15-23)40-31-25(19-33)24(21-12-9-13-22(32)16-21)17-26(34-31)20-10-5-3-6-11-20/h3-18,27,36H,2H2,1H3,(H,35,39). The van der Waals surface area contributed by atoms with Crippen LogP contribution in [0.1, 0.15) is 18.9 Å². The minimum absolute atomic E-state index is 0.254. The molecule has 2 N–H and O–H groups in total. The molecule has 9 heteroatoms. The summed E-state index contributed by atoms with van der Waals surface area (Å²) >= 11 is 1.16. The maximum absolute atomic E-state index is 14.1. The summed E-state index contributed by atoms with van der Waals surface area (Å²) < 4.78 is 15.5. The number of para-hydroxylation sites is 1. The Labute approximate surface area is 234 Å². The van der Waals surface area contributed by atoms with Crippen LogP contribution in [-0.2, 0) is 4.79 Å². The van der Waals surface area contributed by atoms with Crippen molar-refractivity contribution in [2.45, 2.75) is 23.6 Å². The van der Waals surface area contributed by atoms with Crippen LogP contribution in [0, 0.1) is 17.1 Å². The molecule has 0 radical (unpaired) electrons. The van der Waals surface area contributed by atoms with Gasteiger partial charge in [0.05, 0.1) is 22.2 Å². The van der Waals surface area contributed by atoms with Crippen LogP contribution >= 0.6 is 11.8 Å². The van der Waals surface area contributed by atoms with E-state index >= 15 is 0 Å². The maximum atomic E-state index is 14.1. The van der Waals surface area contributed by atoms with E-state index in [4.69, 9.17) is 4.98 Å². The third kappa shape index (κ3) is 5.72. The monoisotopic (exact) mass is 549 g/mol. The fourth-order valence-corrected chi connectivity index (χ4v) is 5.28. The number of nitriles is 1. The Morgan fingerprint density at radius 2 is 1.73 bits per heavy atom. The van der Waals surface area contributed by atoms with Crippen molar-refractivity contribution < 1.29 is 9.18 Å². The number of nitrogens with zero attached hydrogens (tertiary/aromatic N) is 3. The van der Waals surface area contributed by atoms with Crippen molar-refractivity contribution in [3.63, 3.8) is 0 Å². The van der Waals surface area contributed by atoms with Crippen LogP contribution in [0.3, 0.4) is 0 Å². The van der Waals surface area contributed by atoms with Crippen molar-refractivity contribution in [2.75, 3.05) is 5.32 Å². The molecular weight excluding hydrogens is 525 g/mol. The highest BCUT2D eigenvalue weighted by molar-refractivity contribution is 8.00. The van der Waals surface area contributed by atoms with Crippen LogP contribution in [0.2, 0.25) is 0 Å². The van der Waals surface area contributed by atoms with E-state index in [2.05, 4.69) is 16.5 Å². The van der Waals surface area contributed by atoms with Crippen molar-refractivity contribution in [3.8, 4) is 34.1 Å². The highest BCUT2D eigenvalue weighted by Gasteiger charge is 2.24.